The van der Waals surface area contributed by atoms with Gasteiger partial charge in [0, 0.05) is 49.3 Å². The molecule has 0 aromatic heterocycles. The lowest BCUT2D eigenvalue weighted by Gasteiger charge is -2.54. The van der Waals surface area contributed by atoms with Crippen LogP contribution in [0.25, 0.3) is 0 Å². The summed E-state index contributed by atoms with van der Waals surface area (Å²) in [7, 11) is 0. The predicted molar refractivity (Wildman–Crippen MR) is 106 cm³/mol. The third-order valence-corrected chi connectivity index (χ3v) is 7.35. The number of piperidine rings is 1. The van der Waals surface area contributed by atoms with E-state index in [4.69, 9.17) is 0 Å². The highest BCUT2D eigenvalue weighted by Crippen LogP contribution is 2.47. The van der Waals surface area contributed by atoms with Crippen LogP contribution in [-0.2, 0) is 16.1 Å². The van der Waals surface area contributed by atoms with Crippen molar-refractivity contribution in [1.82, 2.24) is 10.2 Å². The first kappa shape index (κ1) is 18.6. The van der Waals surface area contributed by atoms with Crippen LogP contribution in [0.15, 0.2) is 18.2 Å². The van der Waals surface area contributed by atoms with E-state index in [-0.39, 0.29) is 24.1 Å². The normalized spacial score (nSPS) is 26.5. The first-order valence-corrected chi connectivity index (χ1v) is 10.6. The summed E-state index contributed by atoms with van der Waals surface area (Å²) >= 11 is 0. The molecule has 7 heteroatoms. The van der Waals surface area contributed by atoms with Gasteiger partial charge in [0.1, 0.15) is 6.04 Å². The van der Waals surface area contributed by atoms with Crippen molar-refractivity contribution in [3.05, 3.63) is 29.3 Å². The number of imide groups is 1. The molecule has 1 unspecified atom stereocenters. The van der Waals surface area contributed by atoms with E-state index < -0.39 is 6.04 Å². The molecule has 2 N–H and O–H groups in total. The van der Waals surface area contributed by atoms with Gasteiger partial charge in [0.05, 0.1) is 0 Å². The monoisotopic (exact) mass is 397 g/mol. The van der Waals surface area contributed by atoms with Crippen LogP contribution >= 0.6 is 0 Å². The molecule has 1 spiro atoms. The molecule has 2 saturated heterocycles. The summed E-state index contributed by atoms with van der Waals surface area (Å²) in [6.45, 7) is 2.80. The number of amides is 3. The maximum atomic E-state index is 12.8. The molecule has 5 rings (SSSR count). The Hall–Kier alpha value is -2.41. The lowest BCUT2D eigenvalue weighted by Crippen LogP contribution is -2.58. The molecule has 1 saturated carbocycles. The molecule has 0 radical (unpaired) electrons. The van der Waals surface area contributed by atoms with Gasteiger partial charge in [0.15, 0.2) is 0 Å². The van der Waals surface area contributed by atoms with Crippen molar-refractivity contribution in [2.45, 2.75) is 51.1 Å². The number of nitrogens with zero attached hydrogens (tertiary/aromatic N) is 2. The minimum absolute atomic E-state index is 0.122. The zero-order chi connectivity index (χ0) is 20.2. The van der Waals surface area contributed by atoms with Crippen LogP contribution in [0.1, 0.15) is 54.4 Å². The van der Waals surface area contributed by atoms with E-state index >= 15 is 0 Å². The molecule has 3 fully saturated rings. The number of aliphatic hydroxyl groups excluding tert-OH is 1. The number of hydrogen-bond donors (Lipinski definition) is 2. The van der Waals surface area contributed by atoms with Crippen molar-refractivity contribution in [2.75, 3.05) is 24.6 Å². The lowest BCUT2D eigenvalue weighted by atomic mass is 9.66. The van der Waals surface area contributed by atoms with Crippen LogP contribution in [0.5, 0.6) is 0 Å². The van der Waals surface area contributed by atoms with Crippen molar-refractivity contribution in [2.24, 2.45) is 11.3 Å². The number of aliphatic hydroxyl groups is 1. The van der Waals surface area contributed by atoms with Gasteiger partial charge >= 0.3 is 0 Å². The fourth-order valence-electron chi connectivity index (χ4n) is 5.49. The van der Waals surface area contributed by atoms with Gasteiger partial charge in [-0.05, 0) is 61.8 Å². The molecule has 1 atom stereocenters. The summed E-state index contributed by atoms with van der Waals surface area (Å²) < 4.78 is 0. The van der Waals surface area contributed by atoms with Crippen LogP contribution in [-0.4, -0.2) is 53.5 Å². The van der Waals surface area contributed by atoms with Crippen LogP contribution in [0.4, 0.5) is 5.69 Å². The van der Waals surface area contributed by atoms with E-state index in [2.05, 4.69) is 16.3 Å². The van der Waals surface area contributed by atoms with E-state index in [1.54, 1.807) is 4.90 Å². The number of carbonyl (C=O) groups is 3. The second kappa shape index (κ2) is 6.83. The Kier molecular flexibility index (Phi) is 4.38. The van der Waals surface area contributed by atoms with Gasteiger partial charge in [-0.15, -0.1) is 0 Å². The number of benzene rings is 1. The first-order valence-electron chi connectivity index (χ1n) is 10.6. The zero-order valence-electron chi connectivity index (χ0n) is 16.5. The Bertz CT molecular complexity index is 867. The molecule has 4 aliphatic rings. The smallest absolute Gasteiger partial charge is 0.255 e. The van der Waals surface area contributed by atoms with E-state index in [9.17, 15) is 19.5 Å². The van der Waals surface area contributed by atoms with Crippen LogP contribution in [0, 0.1) is 11.3 Å². The maximum Gasteiger partial charge on any atom is 0.255 e. The maximum absolute atomic E-state index is 12.8. The van der Waals surface area contributed by atoms with Crippen molar-refractivity contribution in [3.8, 4) is 0 Å². The van der Waals surface area contributed by atoms with Crippen molar-refractivity contribution < 1.29 is 19.5 Å². The number of nitrogens with one attached hydrogen (secondary N) is 1. The zero-order valence-corrected chi connectivity index (χ0v) is 16.5. The summed E-state index contributed by atoms with van der Waals surface area (Å²) in [4.78, 5) is 40.4. The highest BCUT2D eigenvalue weighted by Gasteiger charge is 2.45. The van der Waals surface area contributed by atoms with Gasteiger partial charge in [-0.25, -0.2) is 0 Å². The molecule has 1 aromatic rings. The fourth-order valence-corrected chi connectivity index (χ4v) is 5.49. The Labute approximate surface area is 170 Å². The molecular weight excluding hydrogens is 370 g/mol. The topological polar surface area (TPSA) is 90.0 Å². The van der Waals surface area contributed by atoms with E-state index in [1.165, 1.54) is 12.8 Å². The van der Waals surface area contributed by atoms with Crippen LogP contribution < -0.4 is 10.2 Å². The summed E-state index contributed by atoms with van der Waals surface area (Å²) in [5.74, 6) is -0.286. The molecule has 1 aliphatic carbocycles. The lowest BCUT2D eigenvalue weighted by molar-refractivity contribution is -0.136. The minimum atomic E-state index is -0.565. The molecular formula is C22H27N3O4. The number of fused-ring (bicyclic) bond motifs is 1. The van der Waals surface area contributed by atoms with Gasteiger partial charge in [-0.2, -0.15) is 0 Å². The number of anilines is 1. The second-order valence-electron chi connectivity index (χ2n) is 9.22. The number of carbonyl (C=O) groups excluding carboxylic acids is 3. The van der Waals surface area contributed by atoms with Crippen molar-refractivity contribution >= 4 is 23.4 Å². The first-order chi connectivity index (χ1) is 14.0. The van der Waals surface area contributed by atoms with Gasteiger partial charge in [0.2, 0.25) is 11.8 Å². The predicted octanol–water partition coefficient (Wildman–Crippen LogP) is 1.44. The SMILES string of the molecule is O=C1CCC(N2Cc3cc(N4CC5(CCC(CO)CC5)C4)ccc3C2=O)C(=O)N1. The molecule has 154 valence electrons. The van der Waals surface area contributed by atoms with E-state index in [0.29, 0.717) is 36.5 Å². The third-order valence-electron chi connectivity index (χ3n) is 7.35. The summed E-state index contributed by atoms with van der Waals surface area (Å²) in [5.41, 5.74) is 3.15. The fraction of sp³-hybridized carbons (Fsp3) is 0.591. The molecule has 7 nitrogen and oxygen atoms in total. The minimum Gasteiger partial charge on any atom is -0.396 e. The van der Waals surface area contributed by atoms with Gasteiger partial charge in [0.25, 0.3) is 5.91 Å². The van der Waals surface area contributed by atoms with Crippen LogP contribution in [0.3, 0.4) is 0 Å². The number of rotatable bonds is 3. The standard InChI is InChI=1S/C22H27N3O4/c26-11-14-5-7-22(8-6-14)12-24(13-22)16-1-2-17-15(9-16)10-25(21(17)29)18-3-4-19(27)23-20(18)28/h1-2,9,14,18,26H,3-8,10-13H2,(H,23,27,28). The van der Waals surface area contributed by atoms with Crippen molar-refractivity contribution in [1.29, 1.82) is 0 Å². The molecule has 3 aliphatic heterocycles. The Morgan fingerprint density at radius 1 is 1.10 bits per heavy atom. The van der Waals surface area contributed by atoms with Crippen molar-refractivity contribution in [3.63, 3.8) is 0 Å². The van der Waals surface area contributed by atoms with E-state index in [1.807, 2.05) is 12.1 Å². The van der Waals surface area contributed by atoms with Gasteiger partial charge in [-0.3, -0.25) is 19.7 Å². The average molecular weight is 397 g/mol. The highest BCUT2D eigenvalue weighted by atomic mass is 16.3. The average Bonchev–Trinajstić information content (AvgIpc) is 3.02. The Morgan fingerprint density at radius 3 is 2.55 bits per heavy atom. The summed E-state index contributed by atoms with van der Waals surface area (Å²) in [6.07, 6.45) is 5.26. The van der Waals surface area contributed by atoms with Gasteiger partial charge < -0.3 is 14.9 Å². The van der Waals surface area contributed by atoms with Crippen LogP contribution in [0.2, 0.25) is 0 Å². The largest absolute Gasteiger partial charge is 0.396 e. The highest BCUT2D eigenvalue weighted by molar-refractivity contribution is 6.05. The summed E-state index contributed by atoms with van der Waals surface area (Å²) in [6, 6.07) is 5.42. The summed E-state index contributed by atoms with van der Waals surface area (Å²) in [5, 5.41) is 11.7. The second-order valence-corrected chi connectivity index (χ2v) is 9.22. The third kappa shape index (κ3) is 3.12. The Balaban J connectivity index is 1.26. The molecule has 3 amide bonds. The molecule has 1 aromatic carbocycles. The van der Waals surface area contributed by atoms with Gasteiger partial charge in [-0.1, -0.05) is 0 Å². The Morgan fingerprint density at radius 2 is 1.86 bits per heavy atom. The molecule has 3 heterocycles. The van der Waals surface area contributed by atoms with E-state index in [0.717, 1.165) is 37.2 Å². The molecule has 0 bridgehead atoms. The number of hydrogen-bond acceptors (Lipinski definition) is 5. The molecule has 29 heavy (non-hydrogen) atoms. The quantitative estimate of drug-likeness (QED) is 0.754.